The van der Waals surface area contributed by atoms with Crippen LogP contribution in [0.2, 0.25) is 34.5 Å². The van der Waals surface area contributed by atoms with E-state index in [-0.39, 0.29) is 18.9 Å². The number of hydrogen-bond acceptors (Lipinski definition) is 4. The van der Waals surface area contributed by atoms with Crippen LogP contribution in [-0.4, -0.2) is 51.0 Å². The largest absolute Gasteiger partial charge is 1.00 e. The van der Waals surface area contributed by atoms with Crippen LogP contribution in [0.15, 0.2) is 30.6 Å². The van der Waals surface area contributed by atoms with Gasteiger partial charge in [0.25, 0.3) is 0 Å². The van der Waals surface area contributed by atoms with Crippen molar-refractivity contribution in [1.29, 1.82) is 0 Å². The summed E-state index contributed by atoms with van der Waals surface area (Å²) in [5, 5.41) is 0. The van der Waals surface area contributed by atoms with Crippen molar-refractivity contribution in [1.82, 2.24) is 0 Å². The molecule has 0 rings (SSSR count). The molecule has 27 heavy (non-hydrogen) atoms. The number of ether oxygens (including phenoxy) is 3. The van der Waals surface area contributed by atoms with Crippen molar-refractivity contribution in [3.63, 3.8) is 0 Å². The van der Waals surface area contributed by atoms with Crippen LogP contribution in [0.4, 0.5) is 0 Å². The molecule has 0 saturated carbocycles. The Morgan fingerprint density at radius 3 is 1.41 bits per heavy atom. The van der Waals surface area contributed by atoms with Gasteiger partial charge < -0.3 is 15.7 Å². The summed E-state index contributed by atoms with van der Waals surface area (Å²) < 4.78 is 15.8. The van der Waals surface area contributed by atoms with Crippen molar-refractivity contribution in [2.45, 2.75) is 62.2 Å². The molecular weight excluding hydrogens is 456 g/mol. The summed E-state index contributed by atoms with van der Waals surface area (Å²) >= 11 is -3.46. The number of carbonyl (C=O) groups excluding carboxylic acids is 1. The van der Waals surface area contributed by atoms with E-state index in [0.717, 1.165) is 17.8 Å². The molecule has 0 bridgehead atoms. The van der Waals surface area contributed by atoms with Crippen LogP contribution in [0.1, 0.15) is 27.7 Å². The average Bonchev–Trinajstić information content (AvgIpc) is 2.49. The molecule has 0 aromatic carbocycles. The fourth-order valence-electron chi connectivity index (χ4n) is 0.611. The molecule has 0 unspecified atom stereocenters. The summed E-state index contributed by atoms with van der Waals surface area (Å²) in [7, 11) is 0. The van der Waals surface area contributed by atoms with Gasteiger partial charge in [0.15, 0.2) is 0 Å². The summed E-state index contributed by atoms with van der Waals surface area (Å²) in [6, 6.07) is 0. The van der Waals surface area contributed by atoms with Crippen molar-refractivity contribution >= 4 is 31.1 Å². The van der Waals surface area contributed by atoms with Gasteiger partial charge in [0.05, 0.1) is 12.9 Å². The monoisotopic (exact) mass is 502 g/mol. The van der Waals surface area contributed by atoms with Crippen LogP contribution >= 0.6 is 0 Å². The summed E-state index contributed by atoms with van der Waals surface area (Å²) in [6.45, 7) is 20.1. The van der Waals surface area contributed by atoms with Gasteiger partial charge in [0.2, 0.25) is 0 Å². The van der Waals surface area contributed by atoms with Gasteiger partial charge in [0.1, 0.15) is 0 Å². The second-order valence-corrected chi connectivity index (χ2v) is 28.6. The first-order valence-electron chi connectivity index (χ1n) is 8.95. The minimum absolute atomic E-state index is 0. The Kier molecular flexibility index (Phi) is 33.5. The number of rotatable bonds is 8. The normalized spacial score (nSPS) is 9.11. The third kappa shape index (κ3) is 41.5. The van der Waals surface area contributed by atoms with E-state index in [9.17, 15) is 4.79 Å². The fourth-order valence-corrected chi connectivity index (χ4v) is 1.82. The van der Waals surface area contributed by atoms with E-state index in [2.05, 4.69) is 70.0 Å². The molecule has 0 aliphatic rings. The van der Waals surface area contributed by atoms with Crippen LogP contribution in [0.25, 0.3) is 0 Å². The molecule has 7 heteroatoms. The van der Waals surface area contributed by atoms with Crippen molar-refractivity contribution in [2.75, 3.05) is 19.8 Å². The zero-order valence-corrected chi connectivity index (χ0v) is 24.1. The standard InChI is InChI=1S/C7H16GeO.C5H12GeO.C4H8O.C4H7O.Li/c1-6-9-7(2)8(3,4)5;1-5(7)6(2,3)4;2*1-3-5-4-2;/h2,6H2,1,3-5H3;1-4H3;3H,1,4H2,2H3;1,4H2,2H3;/q;;;-1;+1. The van der Waals surface area contributed by atoms with Crippen LogP contribution in [0.3, 0.4) is 0 Å². The predicted molar refractivity (Wildman–Crippen MR) is 120 cm³/mol. The Morgan fingerprint density at radius 1 is 0.963 bits per heavy atom. The molecule has 0 amide bonds. The second-order valence-electron chi connectivity index (χ2n) is 7.11. The molecule has 0 aliphatic heterocycles. The molecule has 0 aromatic heterocycles. The van der Waals surface area contributed by atoms with E-state index in [1.54, 1.807) is 6.92 Å². The molecule has 0 aliphatic carbocycles. The Bertz CT molecular complexity index is 363. The minimum Gasteiger partial charge on any atom is 1.00 e. The predicted octanol–water partition coefficient (Wildman–Crippen LogP) is 3.01. The van der Waals surface area contributed by atoms with Gasteiger partial charge >= 0.3 is 126 Å². The first-order valence-corrected chi connectivity index (χ1v) is 23.6. The van der Waals surface area contributed by atoms with Gasteiger partial charge in [0, 0.05) is 6.61 Å². The SMILES string of the molecule is C=COCC.C=[C-]OCC.C=[C](OCC)[Ge]([CH3])([CH3])[CH3].C[C](=O)[Ge]([CH3])([CH3])[CH3].[Li+]. The molecule has 4 nitrogen and oxygen atoms in total. The van der Waals surface area contributed by atoms with Crippen molar-refractivity contribution in [3.05, 3.63) is 36.9 Å². The quantitative estimate of drug-likeness (QED) is 0.293. The van der Waals surface area contributed by atoms with Gasteiger partial charge in [-0.2, -0.15) is 0 Å². The maximum absolute atomic E-state index is 10.5. The summed E-state index contributed by atoms with van der Waals surface area (Å²) in [5.41, 5.74) is 0. The minimum atomic E-state index is -1.81. The number of carbonyl (C=O) groups is 1. The van der Waals surface area contributed by atoms with Gasteiger partial charge in [-0.05, 0) is 13.8 Å². The van der Waals surface area contributed by atoms with E-state index in [0.29, 0.717) is 11.2 Å². The van der Waals surface area contributed by atoms with Crippen LogP contribution in [0, 0.1) is 6.26 Å². The second kappa shape index (κ2) is 24.0. The first-order chi connectivity index (χ1) is 11.8. The van der Waals surface area contributed by atoms with E-state index in [4.69, 9.17) is 4.74 Å². The molecule has 0 heterocycles. The van der Waals surface area contributed by atoms with Crippen molar-refractivity contribution < 1.29 is 37.9 Å². The summed E-state index contributed by atoms with van der Waals surface area (Å²) in [4.78, 5) is 10.5. The molecule has 0 fully saturated rings. The van der Waals surface area contributed by atoms with E-state index in [1.165, 1.54) is 6.26 Å². The van der Waals surface area contributed by atoms with Crippen LogP contribution < -0.4 is 18.9 Å². The zero-order valence-electron chi connectivity index (χ0n) is 20.0. The topological polar surface area (TPSA) is 44.8 Å². The molecule has 0 saturated heterocycles. The van der Waals surface area contributed by atoms with Crippen molar-refractivity contribution in [2.24, 2.45) is 0 Å². The van der Waals surface area contributed by atoms with Gasteiger partial charge in [-0.1, -0.05) is 6.58 Å². The smallest absolute Gasteiger partial charge is 1.00 e. The first kappa shape index (κ1) is 37.7. The maximum Gasteiger partial charge on any atom is 1.00 e. The Labute approximate surface area is 187 Å². The Balaban J connectivity index is -0.0000000813. The molecule has 156 valence electrons. The Hall–Kier alpha value is -0.0269. The van der Waals surface area contributed by atoms with Gasteiger partial charge in [-0.25, -0.2) is 6.58 Å². The summed E-state index contributed by atoms with van der Waals surface area (Å²) in [5.74, 6) is 13.1. The van der Waals surface area contributed by atoms with Crippen LogP contribution in [0.5, 0.6) is 0 Å². The molecule has 0 radical (unpaired) electrons. The molecule has 0 N–H and O–H groups in total. The summed E-state index contributed by atoms with van der Waals surface area (Å²) in [6.07, 6.45) is 3.70. The zero-order chi connectivity index (χ0) is 21.8. The average molecular weight is 500 g/mol. The van der Waals surface area contributed by atoms with Crippen LogP contribution in [-0.2, 0) is 19.0 Å². The van der Waals surface area contributed by atoms with Gasteiger partial charge in [-0.15, -0.1) is 0 Å². The third-order valence-corrected chi connectivity index (χ3v) is 11.0. The maximum atomic E-state index is 10.5. The van der Waals surface area contributed by atoms with E-state index < -0.39 is 26.5 Å². The van der Waals surface area contributed by atoms with E-state index >= 15 is 0 Å². The van der Waals surface area contributed by atoms with Crippen molar-refractivity contribution in [3.8, 4) is 0 Å². The van der Waals surface area contributed by atoms with Gasteiger partial charge in [-0.3, -0.25) is 0 Å². The molecule has 0 atom stereocenters. The van der Waals surface area contributed by atoms with E-state index in [1.807, 2.05) is 20.8 Å². The third-order valence-electron chi connectivity index (χ3n) is 2.74. The molecule has 0 spiro atoms. The fraction of sp³-hybridized carbons (Fsp3) is 0.650. The molecular formula is C20H43Ge2LiO4. The molecule has 0 aromatic rings. The number of hydrogen-bond donors (Lipinski definition) is 0. The Morgan fingerprint density at radius 2 is 1.37 bits per heavy atom.